The molecule has 2 rings (SSSR count). The molecule has 21 heavy (non-hydrogen) atoms. The predicted molar refractivity (Wildman–Crippen MR) is 84.7 cm³/mol. The van der Waals surface area contributed by atoms with Gasteiger partial charge >= 0.3 is 0 Å². The second-order valence-corrected chi connectivity index (χ2v) is 6.20. The predicted octanol–water partition coefficient (Wildman–Crippen LogP) is 2.63. The van der Waals surface area contributed by atoms with Crippen LogP contribution in [0.5, 0.6) is 0 Å². The fraction of sp³-hybridized carbons (Fsp3) is 0.533. The summed E-state index contributed by atoms with van der Waals surface area (Å²) in [5.74, 6) is -0.400. The summed E-state index contributed by atoms with van der Waals surface area (Å²) in [6.45, 7) is 5.11. The minimum Gasteiger partial charge on any atom is -0.378 e. The lowest BCUT2D eigenvalue weighted by molar-refractivity contribution is -0.130. The number of aliphatic hydroxyl groups is 1. The molecule has 0 spiro atoms. The highest BCUT2D eigenvalue weighted by Gasteiger charge is 2.24. The van der Waals surface area contributed by atoms with Gasteiger partial charge in [-0.3, -0.25) is 4.79 Å². The Hall–Kier alpha value is -0.810. The van der Waals surface area contributed by atoms with Crippen LogP contribution < -0.4 is 5.32 Å². The largest absolute Gasteiger partial charge is 0.378 e. The Morgan fingerprint density at radius 2 is 1.90 bits per heavy atom. The van der Waals surface area contributed by atoms with Crippen LogP contribution in [0, 0.1) is 0 Å². The second kappa shape index (κ2) is 7.45. The highest BCUT2D eigenvalue weighted by Crippen LogP contribution is 2.24. The van der Waals surface area contributed by atoms with E-state index in [-0.39, 0.29) is 6.04 Å². The number of halogens is 2. The number of rotatable bonds is 4. The van der Waals surface area contributed by atoms with E-state index in [0.717, 1.165) is 32.5 Å². The molecular weight excluding hydrogens is 311 g/mol. The number of nitrogens with one attached hydrogen (secondary N) is 1. The zero-order chi connectivity index (χ0) is 15.4. The Morgan fingerprint density at radius 1 is 1.33 bits per heavy atom. The van der Waals surface area contributed by atoms with E-state index in [0.29, 0.717) is 15.6 Å². The third-order valence-corrected chi connectivity index (χ3v) is 4.27. The molecule has 0 bridgehead atoms. The number of carbonyl (C=O) groups is 1. The number of benzene rings is 1. The number of hydrogen-bond acceptors (Lipinski definition) is 3. The molecule has 4 nitrogen and oxygen atoms in total. The molecule has 1 heterocycles. The number of hydrogen-bond donors (Lipinski definition) is 2. The maximum atomic E-state index is 12.1. The third-order valence-electron chi connectivity index (χ3n) is 3.83. The minimum atomic E-state index is -1.24. The molecule has 0 radical (unpaired) electrons. The van der Waals surface area contributed by atoms with E-state index >= 15 is 0 Å². The minimum absolute atomic E-state index is 0.115. The summed E-state index contributed by atoms with van der Waals surface area (Å²) >= 11 is 11.8. The van der Waals surface area contributed by atoms with Gasteiger partial charge in [-0.15, -0.1) is 0 Å². The Balaban J connectivity index is 1.93. The second-order valence-electron chi connectivity index (χ2n) is 5.32. The van der Waals surface area contributed by atoms with Crippen LogP contribution in [-0.4, -0.2) is 41.6 Å². The van der Waals surface area contributed by atoms with Crippen LogP contribution in [0.15, 0.2) is 18.2 Å². The summed E-state index contributed by atoms with van der Waals surface area (Å²) in [6, 6.07) is 4.79. The van der Waals surface area contributed by atoms with Crippen LogP contribution in [0.2, 0.25) is 10.0 Å². The van der Waals surface area contributed by atoms with Gasteiger partial charge in [-0.05, 0) is 43.1 Å². The van der Waals surface area contributed by atoms with Gasteiger partial charge in [0.05, 0.1) is 0 Å². The van der Waals surface area contributed by atoms with Crippen molar-refractivity contribution in [3.63, 3.8) is 0 Å². The average Bonchev–Trinajstić information content (AvgIpc) is 2.46. The topological polar surface area (TPSA) is 52.6 Å². The van der Waals surface area contributed by atoms with Gasteiger partial charge in [-0.1, -0.05) is 30.1 Å². The highest BCUT2D eigenvalue weighted by molar-refractivity contribution is 6.34. The first-order chi connectivity index (χ1) is 9.99. The molecule has 1 unspecified atom stereocenters. The molecule has 0 aliphatic carbocycles. The Labute approximate surface area is 135 Å². The van der Waals surface area contributed by atoms with Crippen LogP contribution in [0.25, 0.3) is 0 Å². The first-order valence-corrected chi connectivity index (χ1v) is 7.92. The van der Waals surface area contributed by atoms with Gasteiger partial charge in [0, 0.05) is 29.2 Å². The maximum Gasteiger partial charge on any atom is 0.253 e. The summed E-state index contributed by atoms with van der Waals surface area (Å²) in [5.41, 5.74) is 0.413. The van der Waals surface area contributed by atoms with Crippen molar-refractivity contribution in [2.24, 2.45) is 0 Å². The lowest BCUT2D eigenvalue weighted by Crippen LogP contribution is -2.45. The lowest BCUT2D eigenvalue weighted by atomic mass is 10.0. The molecule has 6 heteroatoms. The molecule has 116 valence electrons. The zero-order valence-corrected chi connectivity index (χ0v) is 13.5. The van der Waals surface area contributed by atoms with Crippen molar-refractivity contribution in [3.8, 4) is 0 Å². The fourth-order valence-electron chi connectivity index (χ4n) is 2.56. The third kappa shape index (κ3) is 4.58. The van der Waals surface area contributed by atoms with E-state index in [1.165, 1.54) is 0 Å². The number of nitrogens with zero attached hydrogens (tertiary/aromatic N) is 1. The Kier molecular flexibility index (Phi) is 5.88. The number of piperidine rings is 1. The molecule has 1 aromatic carbocycles. The van der Waals surface area contributed by atoms with Crippen LogP contribution in [0.3, 0.4) is 0 Å². The van der Waals surface area contributed by atoms with Crippen molar-refractivity contribution in [3.05, 3.63) is 33.8 Å². The van der Waals surface area contributed by atoms with Gasteiger partial charge in [0.1, 0.15) is 0 Å². The Bertz CT molecular complexity index is 482. The zero-order valence-electron chi connectivity index (χ0n) is 12.0. The van der Waals surface area contributed by atoms with Crippen molar-refractivity contribution in [1.82, 2.24) is 10.2 Å². The molecule has 0 saturated carbocycles. The average molecular weight is 331 g/mol. The molecule has 1 aliphatic rings. The van der Waals surface area contributed by atoms with Gasteiger partial charge < -0.3 is 15.3 Å². The van der Waals surface area contributed by atoms with Crippen molar-refractivity contribution < 1.29 is 9.90 Å². The quantitative estimate of drug-likeness (QED) is 0.892. The SMILES string of the molecule is CCN1CCC(NC(=O)C(O)c2cc(Cl)cc(Cl)c2)CC1. The van der Waals surface area contributed by atoms with Crippen LogP contribution >= 0.6 is 23.2 Å². The number of aliphatic hydroxyl groups excluding tert-OH is 1. The molecular formula is C15H20Cl2N2O2. The first-order valence-electron chi connectivity index (χ1n) is 7.16. The number of amides is 1. The molecule has 1 atom stereocenters. The van der Waals surface area contributed by atoms with Gasteiger partial charge in [-0.2, -0.15) is 0 Å². The number of carbonyl (C=O) groups excluding carboxylic acids is 1. The van der Waals surface area contributed by atoms with E-state index in [1.807, 2.05) is 0 Å². The van der Waals surface area contributed by atoms with E-state index in [9.17, 15) is 9.90 Å². The van der Waals surface area contributed by atoms with Gasteiger partial charge in [0.15, 0.2) is 6.10 Å². The van der Waals surface area contributed by atoms with Gasteiger partial charge in [0.25, 0.3) is 5.91 Å². The molecule has 1 amide bonds. The summed E-state index contributed by atoms with van der Waals surface area (Å²) in [5, 5.41) is 13.8. The summed E-state index contributed by atoms with van der Waals surface area (Å²) in [4.78, 5) is 14.5. The molecule has 1 saturated heterocycles. The fourth-order valence-corrected chi connectivity index (χ4v) is 3.10. The molecule has 1 fully saturated rings. The molecule has 1 aliphatic heterocycles. The highest BCUT2D eigenvalue weighted by atomic mass is 35.5. The van der Waals surface area contributed by atoms with Crippen molar-refractivity contribution in [2.75, 3.05) is 19.6 Å². The standard InChI is InChI=1S/C15H20Cl2N2O2/c1-2-19-5-3-13(4-6-19)18-15(21)14(20)10-7-11(16)9-12(17)8-10/h7-9,13-14,20H,2-6H2,1H3,(H,18,21). The monoisotopic (exact) mass is 330 g/mol. The lowest BCUT2D eigenvalue weighted by Gasteiger charge is -2.31. The van der Waals surface area contributed by atoms with E-state index in [4.69, 9.17) is 23.2 Å². The van der Waals surface area contributed by atoms with E-state index in [2.05, 4.69) is 17.1 Å². The molecule has 1 aromatic rings. The maximum absolute atomic E-state index is 12.1. The van der Waals surface area contributed by atoms with E-state index < -0.39 is 12.0 Å². The van der Waals surface area contributed by atoms with Crippen molar-refractivity contribution in [2.45, 2.75) is 31.9 Å². The van der Waals surface area contributed by atoms with Crippen molar-refractivity contribution >= 4 is 29.1 Å². The Morgan fingerprint density at radius 3 is 2.43 bits per heavy atom. The van der Waals surface area contributed by atoms with Gasteiger partial charge in [-0.25, -0.2) is 0 Å². The molecule has 0 aromatic heterocycles. The summed E-state index contributed by atoms with van der Waals surface area (Å²) < 4.78 is 0. The summed E-state index contributed by atoms with van der Waals surface area (Å²) in [7, 11) is 0. The van der Waals surface area contributed by atoms with Crippen molar-refractivity contribution in [1.29, 1.82) is 0 Å². The van der Waals surface area contributed by atoms with Gasteiger partial charge in [0.2, 0.25) is 0 Å². The van der Waals surface area contributed by atoms with Crippen LogP contribution in [0.1, 0.15) is 31.4 Å². The normalized spacial score (nSPS) is 18.5. The first kappa shape index (κ1) is 16.6. The molecule has 2 N–H and O–H groups in total. The van der Waals surface area contributed by atoms with Crippen LogP contribution in [-0.2, 0) is 4.79 Å². The number of likely N-dealkylation sites (tertiary alicyclic amines) is 1. The van der Waals surface area contributed by atoms with E-state index in [1.54, 1.807) is 18.2 Å². The van der Waals surface area contributed by atoms with Crippen LogP contribution in [0.4, 0.5) is 0 Å². The smallest absolute Gasteiger partial charge is 0.253 e. The summed E-state index contributed by atoms with van der Waals surface area (Å²) in [6.07, 6.45) is 0.566.